The summed E-state index contributed by atoms with van der Waals surface area (Å²) in [5, 5.41) is 9.37. The van der Waals surface area contributed by atoms with Gasteiger partial charge in [-0.2, -0.15) is 4.98 Å². The summed E-state index contributed by atoms with van der Waals surface area (Å²) >= 11 is 0. The first-order valence-electron chi connectivity index (χ1n) is 13.3. The SMILES string of the molecule is Cc1nc(N2CCCC(C)C2)oc1C(=O)Cc1ccc(-c2ccc(C(=O)N3CCC[C@H]3C(=O)O)cc2)cc1. The van der Waals surface area contributed by atoms with Crippen molar-refractivity contribution >= 4 is 23.7 Å². The number of nitrogens with zero attached hydrogens (tertiary/aromatic N) is 3. The van der Waals surface area contributed by atoms with Crippen molar-refractivity contribution in [2.75, 3.05) is 24.5 Å². The highest BCUT2D eigenvalue weighted by Crippen LogP contribution is 2.27. The van der Waals surface area contributed by atoms with Crippen molar-refractivity contribution in [1.82, 2.24) is 9.88 Å². The van der Waals surface area contributed by atoms with Crippen LogP contribution in [0, 0.1) is 12.8 Å². The average molecular weight is 516 g/mol. The fourth-order valence-electron chi connectivity index (χ4n) is 5.46. The van der Waals surface area contributed by atoms with E-state index in [-0.39, 0.29) is 18.1 Å². The zero-order valence-electron chi connectivity index (χ0n) is 21.9. The summed E-state index contributed by atoms with van der Waals surface area (Å²) in [4.78, 5) is 45.3. The Morgan fingerprint density at radius 1 is 0.974 bits per heavy atom. The monoisotopic (exact) mass is 515 g/mol. The number of aromatic nitrogens is 1. The quantitative estimate of drug-likeness (QED) is 0.442. The third-order valence-electron chi connectivity index (χ3n) is 7.55. The van der Waals surface area contributed by atoms with Gasteiger partial charge in [0.05, 0.1) is 5.69 Å². The number of oxazole rings is 1. The second-order valence-electron chi connectivity index (χ2n) is 10.5. The molecule has 198 valence electrons. The molecule has 0 bridgehead atoms. The average Bonchev–Trinajstić information content (AvgIpc) is 3.56. The van der Waals surface area contributed by atoms with Crippen molar-refractivity contribution in [1.29, 1.82) is 0 Å². The highest BCUT2D eigenvalue weighted by atomic mass is 16.4. The maximum atomic E-state index is 13.0. The van der Waals surface area contributed by atoms with E-state index in [2.05, 4.69) is 16.8 Å². The molecular weight excluding hydrogens is 482 g/mol. The number of carbonyl (C=O) groups excluding carboxylic acids is 2. The third kappa shape index (κ3) is 5.35. The normalized spacial score (nSPS) is 19.5. The minimum atomic E-state index is -0.957. The van der Waals surface area contributed by atoms with Crippen LogP contribution in [0.1, 0.15) is 64.8 Å². The molecule has 3 aromatic rings. The van der Waals surface area contributed by atoms with E-state index in [1.54, 1.807) is 12.1 Å². The molecule has 2 aliphatic rings. The number of carboxylic acids is 1. The zero-order valence-corrected chi connectivity index (χ0v) is 21.9. The molecular formula is C30H33N3O5. The van der Waals surface area contributed by atoms with Crippen LogP contribution in [0.15, 0.2) is 52.9 Å². The fraction of sp³-hybridized carbons (Fsp3) is 0.400. The number of Topliss-reactive ketones (excluding diaryl/α,β-unsaturated/α-hetero) is 1. The van der Waals surface area contributed by atoms with E-state index in [0.29, 0.717) is 48.3 Å². The smallest absolute Gasteiger partial charge is 0.326 e. The molecule has 5 rings (SSSR count). The van der Waals surface area contributed by atoms with Crippen LogP contribution in [0.3, 0.4) is 0 Å². The number of aryl methyl sites for hydroxylation is 1. The van der Waals surface area contributed by atoms with Gasteiger partial charge in [0.25, 0.3) is 11.9 Å². The van der Waals surface area contributed by atoms with Gasteiger partial charge in [0.15, 0.2) is 5.76 Å². The molecule has 3 heterocycles. The maximum Gasteiger partial charge on any atom is 0.326 e. The Morgan fingerprint density at radius 3 is 2.29 bits per heavy atom. The number of piperidine rings is 1. The molecule has 0 radical (unpaired) electrons. The van der Waals surface area contributed by atoms with Gasteiger partial charge < -0.3 is 19.3 Å². The fourth-order valence-corrected chi connectivity index (χ4v) is 5.46. The van der Waals surface area contributed by atoms with Crippen LogP contribution < -0.4 is 4.90 Å². The summed E-state index contributed by atoms with van der Waals surface area (Å²) in [6.07, 6.45) is 3.71. The number of hydrogen-bond acceptors (Lipinski definition) is 6. The van der Waals surface area contributed by atoms with Gasteiger partial charge in [-0.25, -0.2) is 4.79 Å². The van der Waals surface area contributed by atoms with E-state index in [1.807, 2.05) is 43.3 Å². The Labute approximate surface area is 222 Å². The van der Waals surface area contributed by atoms with Crippen molar-refractivity contribution in [3.63, 3.8) is 0 Å². The Kier molecular flexibility index (Phi) is 7.31. The molecule has 8 nitrogen and oxygen atoms in total. The lowest BCUT2D eigenvalue weighted by molar-refractivity contribution is -0.141. The van der Waals surface area contributed by atoms with Gasteiger partial charge >= 0.3 is 5.97 Å². The third-order valence-corrected chi connectivity index (χ3v) is 7.55. The number of anilines is 1. The van der Waals surface area contributed by atoms with Crippen LogP contribution in [0.4, 0.5) is 6.01 Å². The van der Waals surface area contributed by atoms with Gasteiger partial charge in [0.2, 0.25) is 5.78 Å². The molecule has 2 fully saturated rings. The van der Waals surface area contributed by atoms with E-state index >= 15 is 0 Å². The van der Waals surface area contributed by atoms with E-state index in [0.717, 1.165) is 36.2 Å². The summed E-state index contributed by atoms with van der Waals surface area (Å²) in [6.45, 7) is 6.29. The van der Waals surface area contributed by atoms with Crippen molar-refractivity contribution < 1.29 is 23.9 Å². The second kappa shape index (κ2) is 10.8. The van der Waals surface area contributed by atoms with E-state index in [9.17, 15) is 19.5 Å². The molecule has 2 aromatic carbocycles. The van der Waals surface area contributed by atoms with Gasteiger partial charge in [-0.05, 0) is 67.3 Å². The number of ketones is 1. The minimum absolute atomic E-state index is 0.0940. The first-order chi connectivity index (χ1) is 18.3. The standard InChI is InChI=1S/C30H33N3O5/c1-19-5-3-15-32(18-19)30-31-20(2)27(38-30)26(34)17-21-7-9-22(10-8-21)23-11-13-24(14-12-23)28(35)33-16-4-6-25(33)29(36)37/h7-14,19,25H,3-6,15-18H2,1-2H3,(H,36,37)/t19?,25-/m0/s1. The first kappa shape index (κ1) is 25.7. The number of likely N-dealkylation sites (tertiary alicyclic amines) is 1. The molecule has 2 atom stereocenters. The van der Waals surface area contributed by atoms with Gasteiger partial charge in [-0.15, -0.1) is 0 Å². The van der Waals surface area contributed by atoms with E-state index in [4.69, 9.17) is 4.42 Å². The highest BCUT2D eigenvalue weighted by molar-refractivity contribution is 5.97. The number of amides is 1. The van der Waals surface area contributed by atoms with Gasteiger partial charge in [-0.1, -0.05) is 43.3 Å². The number of carbonyl (C=O) groups is 3. The molecule has 1 unspecified atom stereocenters. The molecule has 0 saturated carbocycles. The number of rotatable bonds is 7. The van der Waals surface area contributed by atoms with Crippen LogP contribution in [0.5, 0.6) is 0 Å². The topological polar surface area (TPSA) is 104 Å². The van der Waals surface area contributed by atoms with Gasteiger partial charge in [0.1, 0.15) is 6.04 Å². The maximum absolute atomic E-state index is 13.0. The molecule has 2 aliphatic heterocycles. The van der Waals surface area contributed by atoms with Crippen LogP contribution in [-0.4, -0.2) is 58.3 Å². The van der Waals surface area contributed by atoms with Crippen LogP contribution >= 0.6 is 0 Å². The Bertz CT molecular complexity index is 1330. The number of hydrogen-bond donors (Lipinski definition) is 1. The lowest BCUT2D eigenvalue weighted by atomic mass is 10.00. The lowest BCUT2D eigenvalue weighted by Crippen LogP contribution is -2.40. The summed E-state index contributed by atoms with van der Waals surface area (Å²) in [6, 6.07) is 14.7. The lowest BCUT2D eigenvalue weighted by Gasteiger charge is -2.29. The molecule has 1 aromatic heterocycles. The Morgan fingerprint density at radius 2 is 1.63 bits per heavy atom. The minimum Gasteiger partial charge on any atom is -0.480 e. The molecule has 0 spiro atoms. The summed E-state index contributed by atoms with van der Waals surface area (Å²) in [5.41, 5.74) is 3.87. The van der Waals surface area contributed by atoms with Crippen LogP contribution in [0.25, 0.3) is 11.1 Å². The zero-order chi connectivity index (χ0) is 26.8. The molecule has 1 N–H and O–H groups in total. The van der Waals surface area contributed by atoms with Crippen molar-refractivity contribution in [2.24, 2.45) is 5.92 Å². The summed E-state index contributed by atoms with van der Waals surface area (Å²) in [5.74, 6) is -0.397. The molecule has 2 saturated heterocycles. The van der Waals surface area contributed by atoms with E-state index < -0.39 is 12.0 Å². The molecule has 0 aliphatic carbocycles. The molecule has 1 amide bonds. The number of aliphatic carboxylic acids is 1. The Hall–Kier alpha value is -3.94. The number of carboxylic acid groups (broad SMARTS) is 1. The Balaban J connectivity index is 1.23. The first-order valence-corrected chi connectivity index (χ1v) is 13.3. The van der Waals surface area contributed by atoms with Crippen LogP contribution in [0.2, 0.25) is 0 Å². The van der Waals surface area contributed by atoms with Gasteiger partial charge in [0, 0.05) is 31.6 Å². The largest absolute Gasteiger partial charge is 0.480 e. The predicted octanol–water partition coefficient (Wildman–Crippen LogP) is 5.00. The summed E-state index contributed by atoms with van der Waals surface area (Å²) in [7, 11) is 0. The summed E-state index contributed by atoms with van der Waals surface area (Å²) < 4.78 is 5.92. The van der Waals surface area contributed by atoms with E-state index in [1.165, 1.54) is 11.3 Å². The highest BCUT2D eigenvalue weighted by Gasteiger charge is 2.34. The predicted molar refractivity (Wildman–Crippen MR) is 143 cm³/mol. The van der Waals surface area contributed by atoms with Crippen LogP contribution in [-0.2, 0) is 11.2 Å². The molecule has 38 heavy (non-hydrogen) atoms. The van der Waals surface area contributed by atoms with Crippen molar-refractivity contribution in [3.05, 3.63) is 71.1 Å². The van der Waals surface area contributed by atoms with Gasteiger partial charge in [-0.3, -0.25) is 9.59 Å². The van der Waals surface area contributed by atoms with Crippen molar-refractivity contribution in [2.45, 2.75) is 52.0 Å². The molecule has 8 heteroatoms. The number of benzene rings is 2. The second-order valence-corrected chi connectivity index (χ2v) is 10.5. The van der Waals surface area contributed by atoms with Crippen molar-refractivity contribution in [3.8, 4) is 11.1 Å².